The standard InChI is InChI=1S/C14H22BrNO/c1-4-16-10-14(2,3)11-17-9-12-6-5-7-13(15)8-12/h5-8,16H,4,9-11H2,1-3H3. The Kier molecular flexibility index (Phi) is 6.17. The number of benzene rings is 1. The summed E-state index contributed by atoms with van der Waals surface area (Å²) >= 11 is 3.46. The van der Waals surface area contributed by atoms with E-state index in [2.05, 4.69) is 54.2 Å². The van der Waals surface area contributed by atoms with E-state index in [0.29, 0.717) is 6.61 Å². The maximum atomic E-state index is 5.78. The predicted octanol–water partition coefficient (Wildman–Crippen LogP) is 3.60. The fourth-order valence-corrected chi connectivity index (χ4v) is 2.03. The monoisotopic (exact) mass is 299 g/mol. The fourth-order valence-electron chi connectivity index (χ4n) is 1.59. The van der Waals surface area contributed by atoms with E-state index < -0.39 is 0 Å². The summed E-state index contributed by atoms with van der Waals surface area (Å²) in [6, 6.07) is 8.24. The Labute approximate surface area is 113 Å². The van der Waals surface area contributed by atoms with Crippen LogP contribution in [0.25, 0.3) is 0 Å². The molecule has 0 aliphatic carbocycles. The molecule has 0 atom stereocenters. The highest BCUT2D eigenvalue weighted by atomic mass is 79.9. The molecule has 0 radical (unpaired) electrons. The number of ether oxygens (including phenoxy) is 1. The van der Waals surface area contributed by atoms with Crippen LogP contribution in [0, 0.1) is 5.41 Å². The Morgan fingerprint density at radius 1 is 1.35 bits per heavy atom. The molecule has 3 heteroatoms. The highest BCUT2D eigenvalue weighted by molar-refractivity contribution is 9.10. The van der Waals surface area contributed by atoms with Crippen LogP contribution in [-0.2, 0) is 11.3 Å². The normalized spacial score (nSPS) is 11.8. The maximum absolute atomic E-state index is 5.78. The Balaban J connectivity index is 2.32. The Morgan fingerprint density at radius 3 is 2.76 bits per heavy atom. The molecule has 0 aromatic heterocycles. The van der Waals surface area contributed by atoms with Crippen molar-refractivity contribution in [1.82, 2.24) is 5.32 Å². The van der Waals surface area contributed by atoms with Crippen molar-refractivity contribution in [1.29, 1.82) is 0 Å². The molecule has 0 heterocycles. The molecule has 1 rings (SSSR count). The molecule has 0 amide bonds. The van der Waals surface area contributed by atoms with E-state index in [-0.39, 0.29) is 5.41 Å². The van der Waals surface area contributed by atoms with Crippen LogP contribution in [-0.4, -0.2) is 19.7 Å². The van der Waals surface area contributed by atoms with Gasteiger partial charge in [-0.25, -0.2) is 0 Å². The second-order valence-corrected chi connectivity index (χ2v) is 5.98. The highest BCUT2D eigenvalue weighted by Crippen LogP contribution is 2.16. The molecule has 1 N–H and O–H groups in total. The third kappa shape index (κ3) is 6.20. The summed E-state index contributed by atoms with van der Waals surface area (Å²) in [6.07, 6.45) is 0. The van der Waals surface area contributed by atoms with Gasteiger partial charge in [-0.15, -0.1) is 0 Å². The smallest absolute Gasteiger partial charge is 0.0717 e. The molecule has 0 saturated heterocycles. The molecular formula is C14H22BrNO. The number of hydrogen-bond donors (Lipinski definition) is 1. The van der Waals surface area contributed by atoms with Gasteiger partial charge in [0.1, 0.15) is 0 Å². The van der Waals surface area contributed by atoms with E-state index in [9.17, 15) is 0 Å². The third-order valence-corrected chi connectivity index (χ3v) is 3.00. The van der Waals surface area contributed by atoms with E-state index in [1.165, 1.54) is 5.56 Å². The summed E-state index contributed by atoms with van der Waals surface area (Å²) in [4.78, 5) is 0. The van der Waals surface area contributed by atoms with Gasteiger partial charge in [0.2, 0.25) is 0 Å². The second kappa shape index (κ2) is 7.14. The molecule has 2 nitrogen and oxygen atoms in total. The number of hydrogen-bond acceptors (Lipinski definition) is 2. The minimum Gasteiger partial charge on any atom is -0.376 e. The summed E-state index contributed by atoms with van der Waals surface area (Å²) in [6.45, 7) is 10.0. The molecule has 0 bridgehead atoms. The SMILES string of the molecule is CCNCC(C)(C)COCc1cccc(Br)c1. The van der Waals surface area contributed by atoms with Gasteiger partial charge in [-0.3, -0.25) is 0 Å². The molecule has 0 saturated carbocycles. The van der Waals surface area contributed by atoms with Gasteiger partial charge < -0.3 is 10.1 Å². The van der Waals surface area contributed by atoms with Gasteiger partial charge in [-0.1, -0.05) is 48.8 Å². The zero-order chi connectivity index (χ0) is 12.7. The first-order chi connectivity index (χ1) is 8.03. The van der Waals surface area contributed by atoms with Crippen molar-refractivity contribution in [2.45, 2.75) is 27.4 Å². The summed E-state index contributed by atoms with van der Waals surface area (Å²) in [5.74, 6) is 0. The first-order valence-electron chi connectivity index (χ1n) is 6.06. The van der Waals surface area contributed by atoms with Gasteiger partial charge in [0.25, 0.3) is 0 Å². The molecule has 0 aliphatic heterocycles. The van der Waals surface area contributed by atoms with E-state index in [1.54, 1.807) is 0 Å². The zero-order valence-electron chi connectivity index (χ0n) is 10.9. The lowest BCUT2D eigenvalue weighted by Crippen LogP contribution is -2.33. The highest BCUT2D eigenvalue weighted by Gasteiger charge is 2.17. The summed E-state index contributed by atoms with van der Waals surface area (Å²) in [5, 5.41) is 3.36. The van der Waals surface area contributed by atoms with Crippen molar-refractivity contribution in [3.63, 3.8) is 0 Å². The minimum absolute atomic E-state index is 0.183. The van der Waals surface area contributed by atoms with Gasteiger partial charge in [0, 0.05) is 16.4 Å². The maximum Gasteiger partial charge on any atom is 0.0717 e. The van der Waals surface area contributed by atoms with E-state index in [0.717, 1.165) is 24.2 Å². The number of nitrogens with one attached hydrogen (secondary N) is 1. The van der Waals surface area contributed by atoms with E-state index >= 15 is 0 Å². The predicted molar refractivity (Wildman–Crippen MR) is 76.1 cm³/mol. The lowest BCUT2D eigenvalue weighted by Gasteiger charge is -2.24. The molecule has 1 aromatic rings. The molecule has 0 fully saturated rings. The quantitative estimate of drug-likeness (QED) is 0.830. The Morgan fingerprint density at radius 2 is 2.12 bits per heavy atom. The molecular weight excluding hydrogens is 278 g/mol. The topological polar surface area (TPSA) is 21.3 Å². The minimum atomic E-state index is 0.183. The van der Waals surface area contributed by atoms with Crippen LogP contribution in [0.4, 0.5) is 0 Å². The summed E-state index contributed by atoms with van der Waals surface area (Å²) < 4.78 is 6.88. The van der Waals surface area contributed by atoms with Crippen LogP contribution in [0.1, 0.15) is 26.3 Å². The van der Waals surface area contributed by atoms with Crippen molar-refractivity contribution in [3.8, 4) is 0 Å². The molecule has 96 valence electrons. The first kappa shape index (κ1) is 14.7. The number of halogens is 1. The van der Waals surface area contributed by atoms with Gasteiger partial charge in [0.05, 0.1) is 13.2 Å². The van der Waals surface area contributed by atoms with Crippen molar-refractivity contribution in [2.75, 3.05) is 19.7 Å². The lowest BCUT2D eigenvalue weighted by molar-refractivity contribution is 0.0515. The number of rotatable bonds is 7. The van der Waals surface area contributed by atoms with E-state index in [4.69, 9.17) is 4.74 Å². The van der Waals surface area contributed by atoms with Crippen molar-refractivity contribution in [3.05, 3.63) is 34.3 Å². The average molecular weight is 300 g/mol. The third-order valence-electron chi connectivity index (χ3n) is 2.50. The molecule has 0 unspecified atom stereocenters. The van der Waals surface area contributed by atoms with Crippen LogP contribution >= 0.6 is 15.9 Å². The van der Waals surface area contributed by atoms with Crippen molar-refractivity contribution < 1.29 is 4.74 Å². The summed E-state index contributed by atoms with van der Waals surface area (Å²) in [7, 11) is 0. The van der Waals surface area contributed by atoms with Crippen LogP contribution < -0.4 is 5.32 Å². The van der Waals surface area contributed by atoms with Crippen LogP contribution in [0.15, 0.2) is 28.7 Å². The van der Waals surface area contributed by atoms with Crippen molar-refractivity contribution >= 4 is 15.9 Å². The van der Waals surface area contributed by atoms with Crippen molar-refractivity contribution in [2.24, 2.45) is 5.41 Å². The van der Waals surface area contributed by atoms with Gasteiger partial charge in [0.15, 0.2) is 0 Å². The van der Waals surface area contributed by atoms with Crippen LogP contribution in [0.3, 0.4) is 0 Å². The largest absolute Gasteiger partial charge is 0.376 e. The fraction of sp³-hybridized carbons (Fsp3) is 0.571. The van der Waals surface area contributed by atoms with Gasteiger partial charge >= 0.3 is 0 Å². The Hall–Kier alpha value is -0.380. The first-order valence-corrected chi connectivity index (χ1v) is 6.86. The molecule has 17 heavy (non-hydrogen) atoms. The van der Waals surface area contributed by atoms with E-state index in [1.807, 2.05) is 12.1 Å². The summed E-state index contributed by atoms with van der Waals surface area (Å²) in [5.41, 5.74) is 1.39. The molecule has 0 aliphatic rings. The molecule has 0 spiro atoms. The second-order valence-electron chi connectivity index (χ2n) is 5.07. The van der Waals surface area contributed by atoms with Gasteiger partial charge in [-0.05, 0) is 24.2 Å². The van der Waals surface area contributed by atoms with Gasteiger partial charge in [-0.2, -0.15) is 0 Å². The zero-order valence-corrected chi connectivity index (χ0v) is 12.5. The molecule has 1 aromatic carbocycles. The Bertz CT molecular complexity index is 339. The average Bonchev–Trinajstić information content (AvgIpc) is 2.26. The lowest BCUT2D eigenvalue weighted by atomic mass is 9.95. The van der Waals surface area contributed by atoms with Crippen LogP contribution in [0.2, 0.25) is 0 Å². The van der Waals surface area contributed by atoms with Crippen LogP contribution in [0.5, 0.6) is 0 Å².